The van der Waals surface area contributed by atoms with Gasteiger partial charge in [0, 0.05) is 56.1 Å². The lowest BCUT2D eigenvalue weighted by atomic mass is 10.0. The number of carboxylic acids is 1. The molecule has 4 heterocycles. The molecule has 0 atom stereocenters. The van der Waals surface area contributed by atoms with Crippen LogP contribution in [-0.4, -0.2) is 58.0 Å². The molecule has 11 nitrogen and oxygen atoms in total. The standard InChI is InChI=1S/C28H29N5O4S.C2HF3O2/c1-33-11-8-19-24(28(33)35)21(14-23(31-19)32-26(34)16-6-7-16)30-20-5-3-4-18(25(20)36-2)22-15-29-27(38-22)17-9-12-37-13-10-17;3-2(4,5)1(6)7/h3-5,8,11,14-17H,6-7,9-10,12-13H2,1-2H3,(H2,30,31,32,34);(H,6,7). The Bertz CT molecular complexity index is 1780. The van der Waals surface area contributed by atoms with Gasteiger partial charge in [-0.2, -0.15) is 13.2 Å². The molecule has 1 aliphatic heterocycles. The smallest absolute Gasteiger partial charge is 0.490 e. The van der Waals surface area contributed by atoms with Crippen molar-refractivity contribution < 1.29 is 37.3 Å². The molecule has 0 unspecified atom stereocenters. The van der Waals surface area contributed by atoms with Crippen LogP contribution in [0.4, 0.5) is 30.4 Å². The zero-order chi connectivity index (χ0) is 32.3. The van der Waals surface area contributed by atoms with Gasteiger partial charge >= 0.3 is 12.1 Å². The highest BCUT2D eigenvalue weighted by Gasteiger charge is 2.38. The number of halogens is 3. The van der Waals surface area contributed by atoms with Gasteiger partial charge in [0.15, 0.2) is 5.75 Å². The van der Waals surface area contributed by atoms with Crippen LogP contribution in [0.3, 0.4) is 0 Å². The van der Waals surface area contributed by atoms with Gasteiger partial charge in [0.05, 0.1) is 39.3 Å². The van der Waals surface area contributed by atoms with Crippen LogP contribution in [0.5, 0.6) is 5.75 Å². The maximum Gasteiger partial charge on any atom is 0.490 e. The van der Waals surface area contributed by atoms with E-state index >= 15 is 0 Å². The number of aryl methyl sites for hydroxylation is 1. The molecular weight excluding hydrogens is 615 g/mol. The Labute approximate surface area is 259 Å². The summed E-state index contributed by atoms with van der Waals surface area (Å²) in [6, 6.07) is 9.36. The first kappa shape index (κ1) is 31.9. The number of benzene rings is 1. The Morgan fingerprint density at radius 1 is 1.13 bits per heavy atom. The van der Waals surface area contributed by atoms with Crippen LogP contribution < -0.4 is 20.9 Å². The molecule has 1 saturated heterocycles. The topological polar surface area (TPSA) is 145 Å². The van der Waals surface area contributed by atoms with E-state index < -0.39 is 12.1 Å². The zero-order valence-electron chi connectivity index (χ0n) is 24.3. The number of carbonyl (C=O) groups is 2. The number of nitrogens with zero attached hydrogens (tertiary/aromatic N) is 3. The minimum atomic E-state index is -5.08. The van der Waals surface area contributed by atoms with Crippen molar-refractivity contribution in [1.29, 1.82) is 0 Å². The molecule has 238 valence electrons. The van der Waals surface area contributed by atoms with Gasteiger partial charge in [-0.3, -0.25) is 9.59 Å². The van der Waals surface area contributed by atoms with Crippen LogP contribution in [0.1, 0.15) is 36.6 Å². The molecule has 0 radical (unpaired) electrons. The Hall–Kier alpha value is -4.50. The van der Waals surface area contributed by atoms with Crippen LogP contribution in [0.15, 0.2) is 47.5 Å². The molecule has 2 fully saturated rings. The first-order valence-electron chi connectivity index (χ1n) is 14.1. The molecule has 4 aromatic rings. The van der Waals surface area contributed by atoms with Crippen molar-refractivity contribution in [2.75, 3.05) is 31.0 Å². The molecular formula is C30H30F3N5O6S. The Balaban J connectivity index is 0.000000515. The first-order chi connectivity index (χ1) is 21.5. The maximum absolute atomic E-state index is 13.1. The van der Waals surface area contributed by atoms with Gasteiger partial charge in [0.1, 0.15) is 5.82 Å². The minimum Gasteiger partial charge on any atom is -0.494 e. The number of fused-ring (bicyclic) bond motifs is 1. The van der Waals surface area contributed by atoms with Gasteiger partial charge in [-0.25, -0.2) is 14.8 Å². The molecule has 15 heteroatoms. The summed E-state index contributed by atoms with van der Waals surface area (Å²) in [4.78, 5) is 44.8. The molecule has 45 heavy (non-hydrogen) atoms. The summed E-state index contributed by atoms with van der Waals surface area (Å²) < 4.78 is 44.6. The van der Waals surface area contributed by atoms with Crippen molar-refractivity contribution in [2.24, 2.45) is 13.0 Å². The average molecular weight is 646 g/mol. The number of thiazole rings is 1. The fourth-order valence-corrected chi connectivity index (χ4v) is 5.92. The Kier molecular flexibility index (Phi) is 9.39. The van der Waals surface area contributed by atoms with E-state index in [0.29, 0.717) is 39.8 Å². The van der Waals surface area contributed by atoms with Crippen LogP contribution in [0.25, 0.3) is 21.3 Å². The highest BCUT2D eigenvalue weighted by Crippen LogP contribution is 2.42. The Morgan fingerprint density at radius 2 is 1.84 bits per heavy atom. The fraction of sp³-hybridized carbons (Fsp3) is 0.367. The van der Waals surface area contributed by atoms with E-state index in [1.807, 2.05) is 24.4 Å². The molecule has 1 amide bonds. The summed E-state index contributed by atoms with van der Waals surface area (Å²) in [5.74, 6) is -1.29. The molecule has 1 saturated carbocycles. The summed E-state index contributed by atoms with van der Waals surface area (Å²) in [5.41, 5.74) is 2.48. The van der Waals surface area contributed by atoms with Gasteiger partial charge in [0.2, 0.25) is 5.91 Å². The quantitative estimate of drug-likeness (QED) is 0.231. The zero-order valence-corrected chi connectivity index (χ0v) is 25.1. The second-order valence-electron chi connectivity index (χ2n) is 10.6. The predicted octanol–water partition coefficient (Wildman–Crippen LogP) is 5.69. The van der Waals surface area contributed by atoms with Crippen molar-refractivity contribution >= 4 is 51.3 Å². The van der Waals surface area contributed by atoms with Crippen molar-refractivity contribution in [2.45, 2.75) is 37.8 Å². The third-order valence-corrected chi connectivity index (χ3v) is 8.52. The maximum atomic E-state index is 13.1. The van der Waals surface area contributed by atoms with Gasteiger partial charge in [-0.1, -0.05) is 6.07 Å². The van der Waals surface area contributed by atoms with Gasteiger partial charge < -0.3 is 29.8 Å². The Morgan fingerprint density at radius 3 is 2.49 bits per heavy atom. The van der Waals surface area contributed by atoms with Crippen LogP contribution in [-0.2, 0) is 21.4 Å². The van der Waals surface area contributed by atoms with E-state index in [-0.39, 0.29) is 17.4 Å². The number of aliphatic carboxylic acids is 1. The van der Waals surface area contributed by atoms with Gasteiger partial charge in [-0.05, 0) is 43.9 Å². The molecule has 3 N–H and O–H groups in total. The minimum absolute atomic E-state index is 0.0368. The van der Waals surface area contributed by atoms with Crippen molar-refractivity contribution in [1.82, 2.24) is 14.5 Å². The van der Waals surface area contributed by atoms with Gasteiger partial charge in [-0.15, -0.1) is 11.3 Å². The molecule has 1 aromatic carbocycles. The lowest BCUT2D eigenvalue weighted by Gasteiger charge is -2.19. The normalized spacial score (nSPS) is 15.2. The van der Waals surface area contributed by atoms with Gasteiger partial charge in [0.25, 0.3) is 5.56 Å². The second-order valence-corrected chi connectivity index (χ2v) is 11.6. The number of pyridine rings is 2. The number of nitrogens with one attached hydrogen (secondary N) is 2. The lowest BCUT2D eigenvalue weighted by Crippen LogP contribution is -2.21. The molecule has 0 spiro atoms. The number of amides is 1. The SMILES string of the molecule is COc1c(Nc2cc(NC(=O)C3CC3)nc3ccn(C)c(=O)c23)cccc1-c1cnc(C2CCOCC2)s1.O=C(O)C(F)(F)F. The second kappa shape index (κ2) is 13.2. The summed E-state index contributed by atoms with van der Waals surface area (Å²) in [6.07, 6.45) is 2.24. The van der Waals surface area contributed by atoms with Crippen LogP contribution in [0.2, 0.25) is 0 Å². The molecule has 0 bridgehead atoms. The number of hydrogen-bond acceptors (Lipinski definition) is 9. The summed E-state index contributed by atoms with van der Waals surface area (Å²) in [5, 5.41) is 15.0. The number of hydrogen-bond donors (Lipinski definition) is 3. The van der Waals surface area contributed by atoms with E-state index in [0.717, 1.165) is 54.3 Å². The molecule has 6 rings (SSSR count). The third kappa shape index (κ3) is 7.42. The first-order valence-corrected chi connectivity index (χ1v) is 14.9. The number of aromatic nitrogens is 3. The number of methoxy groups -OCH3 is 1. The van der Waals surface area contributed by atoms with Crippen LogP contribution >= 0.6 is 11.3 Å². The van der Waals surface area contributed by atoms with Crippen LogP contribution in [0, 0.1) is 5.92 Å². The number of carbonyl (C=O) groups excluding carboxylic acids is 1. The van der Waals surface area contributed by atoms with E-state index in [9.17, 15) is 22.8 Å². The number of carboxylic acid groups (broad SMARTS) is 1. The summed E-state index contributed by atoms with van der Waals surface area (Å²) >= 11 is 1.68. The van der Waals surface area contributed by atoms with Crippen molar-refractivity contribution in [3.8, 4) is 16.2 Å². The average Bonchev–Trinajstić information content (AvgIpc) is 3.76. The molecule has 1 aliphatic carbocycles. The highest BCUT2D eigenvalue weighted by atomic mass is 32.1. The largest absolute Gasteiger partial charge is 0.494 e. The summed E-state index contributed by atoms with van der Waals surface area (Å²) in [6.45, 7) is 1.54. The number of rotatable bonds is 7. The fourth-order valence-electron chi connectivity index (χ4n) is 4.81. The number of anilines is 3. The lowest BCUT2D eigenvalue weighted by molar-refractivity contribution is -0.192. The van der Waals surface area contributed by atoms with Crippen molar-refractivity contribution in [3.63, 3.8) is 0 Å². The van der Waals surface area contributed by atoms with E-state index in [1.165, 1.54) is 4.57 Å². The molecule has 3 aromatic heterocycles. The predicted molar refractivity (Wildman–Crippen MR) is 162 cm³/mol. The molecule has 2 aliphatic rings. The monoisotopic (exact) mass is 645 g/mol. The van der Waals surface area contributed by atoms with E-state index in [1.54, 1.807) is 43.8 Å². The van der Waals surface area contributed by atoms with E-state index in [2.05, 4.69) is 15.6 Å². The summed E-state index contributed by atoms with van der Waals surface area (Å²) in [7, 11) is 3.34. The third-order valence-electron chi connectivity index (χ3n) is 7.33. The number of alkyl halides is 3. The number of ether oxygens (including phenoxy) is 2. The highest BCUT2D eigenvalue weighted by molar-refractivity contribution is 7.15. The number of para-hydroxylation sites is 1. The van der Waals surface area contributed by atoms with E-state index in [4.69, 9.17) is 24.4 Å². The van der Waals surface area contributed by atoms with Crippen molar-refractivity contribution in [3.05, 3.63) is 58.1 Å².